The maximum absolute atomic E-state index is 12.5. The SMILES string of the molecule is C=CC(=O)N1CCN(C(=O)CNc2cc(-c3ccccc3C#N)c(Cl)cc2O)CC1. The van der Waals surface area contributed by atoms with Gasteiger partial charge in [-0.1, -0.05) is 36.4 Å². The van der Waals surface area contributed by atoms with Gasteiger partial charge in [0.05, 0.1) is 28.9 Å². The zero-order valence-electron chi connectivity index (χ0n) is 16.3. The molecule has 3 rings (SSSR count). The van der Waals surface area contributed by atoms with E-state index in [4.69, 9.17) is 11.6 Å². The molecule has 1 aliphatic heterocycles. The van der Waals surface area contributed by atoms with E-state index < -0.39 is 0 Å². The normalized spacial score (nSPS) is 13.5. The van der Waals surface area contributed by atoms with E-state index in [9.17, 15) is 20.0 Å². The fourth-order valence-electron chi connectivity index (χ4n) is 3.31. The molecule has 0 unspecified atom stereocenters. The second kappa shape index (κ2) is 9.33. The summed E-state index contributed by atoms with van der Waals surface area (Å²) in [6.07, 6.45) is 1.27. The van der Waals surface area contributed by atoms with E-state index in [-0.39, 0.29) is 24.1 Å². The minimum absolute atomic E-state index is 0.0239. The summed E-state index contributed by atoms with van der Waals surface area (Å²) in [5.74, 6) is -0.377. The highest BCUT2D eigenvalue weighted by atomic mass is 35.5. The molecule has 0 aliphatic carbocycles. The number of rotatable bonds is 5. The van der Waals surface area contributed by atoms with Crippen LogP contribution in [-0.4, -0.2) is 59.4 Å². The van der Waals surface area contributed by atoms with Crippen molar-refractivity contribution >= 4 is 29.1 Å². The highest BCUT2D eigenvalue weighted by molar-refractivity contribution is 6.33. The lowest BCUT2D eigenvalue weighted by Gasteiger charge is -2.34. The number of piperazine rings is 1. The van der Waals surface area contributed by atoms with Gasteiger partial charge in [-0.3, -0.25) is 9.59 Å². The van der Waals surface area contributed by atoms with Crippen LogP contribution in [0.5, 0.6) is 5.75 Å². The molecule has 1 fully saturated rings. The van der Waals surface area contributed by atoms with Gasteiger partial charge < -0.3 is 20.2 Å². The van der Waals surface area contributed by atoms with Gasteiger partial charge in [0.2, 0.25) is 11.8 Å². The lowest BCUT2D eigenvalue weighted by atomic mass is 9.99. The van der Waals surface area contributed by atoms with Crippen LogP contribution in [-0.2, 0) is 9.59 Å². The first kappa shape index (κ1) is 21.2. The molecule has 0 bridgehead atoms. The number of phenols is 1. The minimum Gasteiger partial charge on any atom is -0.506 e. The van der Waals surface area contributed by atoms with Gasteiger partial charge in [-0.25, -0.2) is 0 Å². The number of amides is 2. The zero-order valence-corrected chi connectivity index (χ0v) is 17.0. The molecule has 8 heteroatoms. The lowest BCUT2D eigenvalue weighted by molar-refractivity contribution is -0.135. The number of aromatic hydroxyl groups is 1. The summed E-state index contributed by atoms with van der Waals surface area (Å²) in [4.78, 5) is 27.5. The molecule has 2 aromatic rings. The molecular weight excluding hydrogens is 404 g/mol. The van der Waals surface area contributed by atoms with E-state index in [1.165, 1.54) is 12.1 Å². The first-order chi connectivity index (χ1) is 14.4. The molecule has 154 valence electrons. The molecular formula is C22H21ClN4O3. The van der Waals surface area contributed by atoms with E-state index >= 15 is 0 Å². The fraction of sp³-hybridized carbons (Fsp3) is 0.227. The number of nitrogens with zero attached hydrogens (tertiary/aromatic N) is 3. The average Bonchev–Trinajstić information content (AvgIpc) is 2.78. The molecule has 1 saturated heterocycles. The van der Waals surface area contributed by atoms with Crippen LogP contribution in [0.1, 0.15) is 5.56 Å². The largest absolute Gasteiger partial charge is 0.506 e. The Morgan fingerprint density at radius 1 is 1.17 bits per heavy atom. The van der Waals surface area contributed by atoms with Crippen LogP contribution >= 0.6 is 11.6 Å². The van der Waals surface area contributed by atoms with Crippen molar-refractivity contribution in [2.75, 3.05) is 38.0 Å². The molecule has 2 amide bonds. The summed E-state index contributed by atoms with van der Waals surface area (Å²) in [6, 6.07) is 12.2. The van der Waals surface area contributed by atoms with Crippen molar-refractivity contribution in [3.8, 4) is 22.9 Å². The van der Waals surface area contributed by atoms with Gasteiger partial charge in [0.1, 0.15) is 5.75 Å². The van der Waals surface area contributed by atoms with E-state index in [1.54, 1.807) is 40.1 Å². The Bertz CT molecular complexity index is 1020. The average molecular weight is 425 g/mol. The Morgan fingerprint density at radius 3 is 2.50 bits per heavy atom. The number of hydrogen-bond acceptors (Lipinski definition) is 5. The molecule has 7 nitrogen and oxygen atoms in total. The summed E-state index contributed by atoms with van der Waals surface area (Å²) in [5.41, 5.74) is 2.02. The van der Waals surface area contributed by atoms with Gasteiger partial charge >= 0.3 is 0 Å². The number of halogens is 1. The second-order valence-corrected chi connectivity index (χ2v) is 7.18. The maximum atomic E-state index is 12.5. The summed E-state index contributed by atoms with van der Waals surface area (Å²) in [6.45, 7) is 5.24. The van der Waals surface area contributed by atoms with Gasteiger partial charge in [0.25, 0.3) is 0 Å². The summed E-state index contributed by atoms with van der Waals surface area (Å²) >= 11 is 6.29. The van der Waals surface area contributed by atoms with Crippen LogP contribution < -0.4 is 5.32 Å². The Labute approximate surface area is 179 Å². The van der Waals surface area contributed by atoms with Crippen LogP contribution in [0.3, 0.4) is 0 Å². The van der Waals surface area contributed by atoms with Crippen molar-refractivity contribution in [1.29, 1.82) is 5.26 Å². The van der Waals surface area contributed by atoms with Crippen molar-refractivity contribution in [3.63, 3.8) is 0 Å². The van der Waals surface area contributed by atoms with Gasteiger partial charge in [0, 0.05) is 43.4 Å². The molecule has 30 heavy (non-hydrogen) atoms. The monoisotopic (exact) mass is 424 g/mol. The molecule has 1 aliphatic rings. The van der Waals surface area contributed by atoms with Gasteiger partial charge in [-0.2, -0.15) is 5.26 Å². The van der Waals surface area contributed by atoms with Crippen LogP contribution in [0, 0.1) is 11.3 Å². The van der Waals surface area contributed by atoms with E-state index in [2.05, 4.69) is 18.0 Å². The number of nitriles is 1. The molecule has 0 aromatic heterocycles. The zero-order chi connectivity index (χ0) is 21.7. The highest BCUT2D eigenvalue weighted by Gasteiger charge is 2.23. The number of benzene rings is 2. The summed E-state index contributed by atoms with van der Waals surface area (Å²) < 4.78 is 0. The smallest absolute Gasteiger partial charge is 0.246 e. The first-order valence-corrected chi connectivity index (χ1v) is 9.77. The number of carbonyl (C=O) groups excluding carboxylic acids is 2. The second-order valence-electron chi connectivity index (χ2n) is 6.77. The predicted molar refractivity (Wildman–Crippen MR) is 115 cm³/mol. The van der Waals surface area contributed by atoms with E-state index in [1.807, 2.05) is 0 Å². The summed E-state index contributed by atoms with van der Waals surface area (Å²) in [7, 11) is 0. The predicted octanol–water partition coefficient (Wildman–Crippen LogP) is 2.85. The van der Waals surface area contributed by atoms with E-state index in [0.717, 1.165) is 0 Å². The van der Waals surface area contributed by atoms with Crippen LogP contribution in [0.2, 0.25) is 5.02 Å². The van der Waals surface area contributed by atoms with Gasteiger partial charge in [-0.05, 0) is 18.2 Å². The van der Waals surface area contributed by atoms with Crippen molar-refractivity contribution < 1.29 is 14.7 Å². The van der Waals surface area contributed by atoms with Crippen molar-refractivity contribution in [3.05, 3.63) is 59.6 Å². The van der Waals surface area contributed by atoms with Crippen molar-refractivity contribution in [1.82, 2.24) is 9.80 Å². The number of hydrogen-bond donors (Lipinski definition) is 2. The lowest BCUT2D eigenvalue weighted by Crippen LogP contribution is -2.51. The number of nitrogens with one attached hydrogen (secondary N) is 1. The Morgan fingerprint density at radius 2 is 1.83 bits per heavy atom. The van der Waals surface area contributed by atoms with Gasteiger partial charge in [0.15, 0.2) is 0 Å². The summed E-state index contributed by atoms with van der Waals surface area (Å²) in [5, 5.41) is 22.8. The van der Waals surface area contributed by atoms with Crippen molar-refractivity contribution in [2.24, 2.45) is 0 Å². The molecule has 2 N–H and O–H groups in total. The number of phenolic OH excluding ortho intramolecular Hbond substituents is 1. The van der Waals surface area contributed by atoms with Crippen LogP contribution in [0.4, 0.5) is 5.69 Å². The molecule has 0 spiro atoms. The molecule has 1 heterocycles. The Kier molecular flexibility index (Phi) is 6.60. The molecule has 0 atom stereocenters. The Balaban J connectivity index is 1.70. The van der Waals surface area contributed by atoms with Crippen LogP contribution in [0.15, 0.2) is 49.1 Å². The molecule has 2 aromatic carbocycles. The molecule has 0 saturated carbocycles. The Hall–Kier alpha value is -3.50. The topological polar surface area (TPSA) is 96.7 Å². The quantitative estimate of drug-likeness (QED) is 0.568. The third-order valence-electron chi connectivity index (χ3n) is 4.97. The first-order valence-electron chi connectivity index (χ1n) is 9.39. The van der Waals surface area contributed by atoms with Crippen LogP contribution in [0.25, 0.3) is 11.1 Å². The van der Waals surface area contributed by atoms with Crippen molar-refractivity contribution in [2.45, 2.75) is 0 Å². The maximum Gasteiger partial charge on any atom is 0.246 e. The number of anilines is 1. The third-order valence-corrected chi connectivity index (χ3v) is 5.28. The fourth-order valence-corrected chi connectivity index (χ4v) is 3.57. The van der Waals surface area contributed by atoms with Gasteiger partial charge in [-0.15, -0.1) is 0 Å². The standard InChI is InChI=1S/C22H21ClN4O3/c1-2-21(29)26-7-9-27(10-8-26)22(30)14-25-19-11-17(18(23)12-20(19)28)16-6-4-3-5-15(16)13-24/h2-6,11-12,25,28H,1,7-10,14H2. The number of carbonyl (C=O) groups is 2. The van der Waals surface area contributed by atoms with E-state index in [0.29, 0.717) is 53.6 Å². The highest BCUT2D eigenvalue weighted by Crippen LogP contribution is 2.37. The minimum atomic E-state index is -0.144. The molecule has 0 radical (unpaired) electrons. The third kappa shape index (κ3) is 4.56.